The van der Waals surface area contributed by atoms with Crippen LogP contribution in [0.25, 0.3) is 0 Å². The molecule has 0 bridgehead atoms. The topological polar surface area (TPSA) is 29.9 Å². The van der Waals surface area contributed by atoms with E-state index in [1.165, 1.54) is 21.7 Å². The second-order valence-corrected chi connectivity index (χ2v) is 5.75. The number of hydrogen-bond donors (Lipinski definition) is 1. The molecule has 0 amide bonds. The highest BCUT2D eigenvalue weighted by Crippen LogP contribution is 2.29. The van der Waals surface area contributed by atoms with Gasteiger partial charge in [0, 0.05) is 23.2 Å². The molecule has 0 aliphatic rings. The Morgan fingerprint density at radius 2 is 2.17 bits per heavy atom. The van der Waals surface area contributed by atoms with Crippen LogP contribution in [0.1, 0.15) is 41.1 Å². The molecule has 0 radical (unpaired) electrons. The Labute approximate surface area is 113 Å². The molecule has 18 heavy (non-hydrogen) atoms. The van der Waals surface area contributed by atoms with Crippen LogP contribution in [0.15, 0.2) is 17.6 Å². The van der Waals surface area contributed by atoms with Crippen molar-refractivity contribution >= 4 is 11.3 Å². The van der Waals surface area contributed by atoms with Crippen LogP contribution in [0.3, 0.4) is 0 Å². The van der Waals surface area contributed by atoms with E-state index in [9.17, 15) is 0 Å². The van der Waals surface area contributed by atoms with Crippen molar-refractivity contribution in [2.24, 2.45) is 7.05 Å². The Hall–Kier alpha value is -1.13. The van der Waals surface area contributed by atoms with Gasteiger partial charge in [-0.3, -0.25) is 4.68 Å². The molecule has 2 rings (SSSR count). The van der Waals surface area contributed by atoms with E-state index in [4.69, 9.17) is 0 Å². The van der Waals surface area contributed by atoms with Crippen molar-refractivity contribution in [3.8, 4) is 0 Å². The number of nitrogens with one attached hydrogen (secondary N) is 1. The minimum Gasteiger partial charge on any atom is -0.306 e. The third-order valence-corrected chi connectivity index (χ3v) is 4.25. The molecule has 1 atom stereocenters. The highest BCUT2D eigenvalue weighted by molar-refractivity contribution is 7.10. The van der Waals surface area contributed by atoms with Gasteiger partial charge in [0.05, 0.1) is 12.2 Å². The Bertz CT molecular complexity index is 513. The summed E-state index contributed by atoms with van der Waals surface area (Å²) in [5, 5.41) is 10.2. The SMILES string of the molecule is CCCNC(c1ccsc1C)c1cnn(C)c1C. The molecule has 2 aromatic rings. The summed E-state index contributed by atoms with van der Waals surface area (Å²) in [5.74, 6) is 0. The zero-order chi connectivity index (χ0) is 13.1. The average molecular weight is 263 g/mol. The standard InChI is InChI=1S/C14H21N3S/c1-5-7-15-14(12-6-8-18-11(12)3)13-9-16-17(4)10(13)2/h6,8-9,14-15H,5,7H2,1-4H3. The molecule has 4 heteroatoms. The van der Waals surface area contributed by atoms with E-state index < -0.39 is 0 Å². The van der Waals surface area contributed by atoms with Crippen LogP contribution in [0, 0.1) is 13.8 Å². The Morgan fingerprint density at radius 3 is 2.67 bits per heavy atom. The van der Waals surface area contributed by atoms with E-state index >= 15 is 0 Å². The predicted octanol–water partition coefficient (Wildman–Crippen LogP) is 3.19. The fraction of sp³-hybridized carbons (Fsp3) is 0.500. The molecule has 0 saturated heterocycles. The number of hydrogen-bond acceptors (Lipinski definition) is 3. The van der Waals surface area contributed by atoms with Crippen molar-refractivity contribution < 1.29 is 0 Å². The quantitative estimate of drug-likeness (QED) is 0.898. The third kappa shape index (κ3) is 2.49. The van der Waals surface area contributed by atoms with E-state index in [2.05, 4.69) is 42.6 Å². The lowest BCUT2D eigenvalue weighted by Gasteiger charge is -2.18. The molecule has 0 saturated carbocycles. The number of aromatic nitrogens is 2. The van der Waals surface area contributed by atoms with Crippen molar-refractivity contribution in [2.75, 3.05) is 6.54 Å². The molecule has 1 unspecified atom stereocenters. The summed E-state index contributed by atoms with van der Waals surface area (Å²) in [6.07, 6.45) is 3.12. The first-order valence-electron chi connectivity index (χ1n) is 6.41. The summed E-state index contributed by atoms with van der Waals surface area (Å²) in [7, 11) is 2.00. The largest absolute Gasteiger partial charge is 0.306 e. The molecule has 0 aromatic carbocycles. The lowest BCUT2D eigenvalue weighted by Crippen LogP contribution is -2.23. The van der Waals surface area contributed by atoms with Gasteiger partial charge in [-0.05, 0) is 43.8 Å². The first kappa shape index (κ1) is 13.3. The number of thiophene rings is 1. The Balaban J connectivity index is 2.37. The third-order valence-electron chi connectivity index (χ3n) is 3.39. The highest BCUT2D eigenvalue weighted by Gasteiger charge is 2.20. The van der Waals surface area contributed by atoms with Crippen LogP contribution in [-0.4, -0.2) is 16.3 Å². The van der Waals surface area contributed by atoms with Gasteiger partial charge < -0.3 is 5.32 Å². The summed E-state index contributed by atoms with van der Waals surface area (Å²) >= 11 is 1.81. The summed E-state index contributed by atoms with van der Waals surface area (Å²) < 4.78 is 1.94. The fourth-order valence-corrected chi connectivity index (χ4v) is 2.91. The maximum absolute atomic E-state index is 4.36. The van der Waals surface area contributed by atoms with Crippen molar-refractivity contribution in [3.05, 3.63) is 39.3 Å². The second kappa shape index (κ2) is 5.67. The van der Waals surface area contributed by atoms with E-state index in [1.807, 2.05) is 17.9 Å². The van der Waals surface area contributed by atoms with Crippen molar-refractivity contribution in [1.29, 1.82) is 0 Å². The summed E-state index contributed by atoms with van der Waals surface area (Å²) in [6, 6.07) is 2.49. The van der Waals surface area contributed by atoms with E-state index in [1.54, 1.807) is 11.3 Å². The van der Waals surface area contributed by atoms with E-state index in [0.717, 1.165) is 13.0 Å². The Morgan fingerprint density at radius 1 is 1.39 bits per heavy atom. The molecular formula is C14H21N3S. The maximum atomic E-state index is 4.36. The molecule has 0 spiro atoms. The lowest BCUT2D eigenvalue weighted by atomic mass is 10.00. The zero-order valence-electron chi connectivity index (χ0n) is 11.5. The van der Waals surface area contributed by atoms with Gasteiger partial charge in [0.15, 0.2) is 0 Å². The van der Waals surface area contributed by atoms with Gasteiger partial charge in [-0.2, -0.15) is 5.10 Å². The van der Waals surface area contributed by atoms with Crippen molar-refractivity contribution in [1.82, 2.24) is 15.1 Å². The van der Waals surface area contributed by atoms with Crippen LogP contribution in [0.5, 0.6) is 0 Å². The van der Waals surface area contributed by atoms with Crippen molar-refractivity contribution in [2.45, 2.75) is 33.2 Å². The molecular weight excluding hydrogens is 242 g/mol. The van der Waals surface area contributed by atoms with Crippen molar-refractivity contribution in [3.63, 3.8) is 0 Å². The molecule has 1 N–H and O–H groups in total. The minimum absolute atomic E-state index is 0.268. The van der Waals surface area contributed by atoms with Crippen LogP contribution >= 0.6 is 11.3 Å². The lowest BCUT2D eigenvalue weighted by molar-refractivity contribution is 0.594. The smallest absolute Gasteiger partial charge is 0.0621 e. The van der Waals surface area contributed by atoms with Crippen LogP contribution in [0.2, 0.25) is 0 Å². The molecule has 0 fully saturated rings. The highest BCUT2D eigenvalue weighted by atomic mass is 32.1. The zero-order valence-corrected chi connectivity index (χ0v) is 12.3. The van der Waals surface area contributed by atoms with Gasteiger partial charge in [-0.15, -0.1) is 11.3 Å². The molecule has 3 nitrogen and oxygen atoms in total. The summed E-state index contributed by atoms with van der Waals surface area (Å²) in [5.41, 5.74) is 3.89. The fourth-order valence-electron chi connectivity index (χ4n) is 2.17. The molecule has 0 aliphatic heterocycles. The summed E-state index contributed by atoms with van der Waals surface area (Å²) in [6.45, 7) is 7.53. The van der Waals surface area contributed by atoms with E-state index in [-0.39, 0.29) is 6.04 Å². The maximum Gasteiger partial charge on any atom is 0.0621 e. The first-order chi connectivity index (χ1) is 8.65. The number of aryl methyl sites for hydroxylation is 2. The van der Waals surface area contributed by atoms with Gasteiger partial charge in [0.25, 0.3) is 0 Å². The predicted molar refractivity (Wildman–Crippen MR) is 77.1 cm³/mol. The second-order valence-electron chi connectivity index (χ2n) is 4.63. The normalized spacial score (nSPS) is 12.9. The first-order valence-corrected chi connectivity index (χ1v) is 7.29. The number of rotatable bonds is 5. The van der Waals surface area contributed by atoms with Crippen LogP contribution in [0.4, 0.5) is 0 Å². The molecule has 2 heterocycles. The van der Waals surface area contributed by atoms with Gasteiger partial charge in [-0.25, -0.2) is 0 Å². The van der Waals surface area contributed by atoms with Gasteiger partial charge in [0.1, 0.15) is 0 Å². The molecule has 0 aliphatic carbocycles. The van der Waals surface area contributed by atoms with Gasteiger partial charge in [0.2, 0.25) is 0 Å². The number of nitrogens with zero attached hydrogens (tertiary/aromatic N) is 2. The molecule has 98 valence electrons. The van der Waals surface area contributed by atoms with Gasteiger partial charge in [-0.1, -0.05) is 6.92 Å². The average Bonchev–Trinajstić information content (AvgIpc) is 2.91. The monoisotopic (exact) mass is 263 g/mol. The summed E-state index contributed by atoms with van der Waals surface area (Å²) in [4.78, 5) is 1.38. The van der Waals surface area contributed by atoms with E-state index in [0.29, 0.717) is 0 Å². The molecule has 2 aromatic heterocycles. The van der Waals surface area contributed by atoms with Crippen LogP contribution < -0.4 is 5.32 Å². The minimum atomic E-state index is 0.268. The Kier molecular flexibility index (Phi) is 4.19. The van der Waals surface area contributed by atoms with Crippen LogP contribution in [-0.2, 0) is 7.05 Å². The van der Waals surface area contributed by atoms with Gasteiger partial charge >= 0.3 is 0 Å².